The van der Waals surface area contributed by atoms with Gasteiger partial charge < -0.3 is 15.5 Å². The lowest BCUT2D eigenvalue weighted by Gasteiger charge is -2.40. The Morgan fingerprint density at radius 3 is 2.75 bits per heavy atom. The SMILES string of the molecule is O=C(O)CC1(Sc2cccc(O)c2)CNC1. The molecule has 0 aliphatic carbocycles. The van der Waals surface area contributed by atoms with Crippen molar-refractivity contribution in [3.05, 3.63) is 24.3 Å². The van der Waals surface area contributed by atoms with Crippen LogP contribution in [0.1, 0.15) is 6.42 Å². The van der Waals surface area contributed by atoms with E-state index in [-0.39, 0.29) is 16.9 Å². The van der Waals surface area contributed by atoms with Crippen molar-refractivity contribution in [3.8, 4) is 5.75 Å². The lowest BCUT2D eigenvalue weighted by atomic mass is 9.98. The maximum atomic E-state index is 10.8. The van der Waals surface area contributed by atoms with E-state index in [0.29, 0.717) is 13.1 Å². The highest BCUT2D eigenvalue weighted by atomic mass is 32.2. The second-order valence-corrected chi connectivity index (χ2v) is 5.50. The van der Waals surface area contributed by atoms with Crippen molar-refractivity contribution in [2.45, 2.75) is 16.1 Å². The molecular weight excluding hydrogens is 226 g/mol. The van der Waals surface area contributed by atoms with Gasteiger partial charge in [-0.05, 0) is 18.2 Å². The Kier molecular flexibility index (Phi) is 3.07. The topological polar surface area (TPSA) is 69.6 Å². The fourth-order valence-corrected chi connectivity index (χ4v) is 3.08. The number of phenols is 1. The van der Waals surface area contributed by atoms with Crippen LogP contribution in [0, 0.1) is 0 Å². The van der Waals surface area contributed by atoms with E-state index >= 15 is 0 Å². The van der Waals surface area contributed by atoms with Crippen molar-refractivity contribution in [3.63, 3.8) is 0 Å². The Bertz CT molecular complexity index is 404. The summed E-state index contributed by atoms with van der Waals surface area (Å²) in [6.07, 6.45) is 0.139. The summed E-state index contributed by atoms with van der Waals surface area (Å²) in [6, 6.07) is 6.91. The van der Waals surface area contributed by atoms with Crippen LogP contribution >= 0.6 is 11.8 Å². The van der Waals surface area contributed by atoms with Crippen LogP contribution in [-0.2, 0) is 4.79 Å². The highest BCUT2D eigenvalue weighted by Crippen LogP contribution is 2.39. The van der Waals surface area contributed by atoms with Crippen molar-refractivity contribution < 1.29 is 15.0 Å². The predicted octanol–water partition coefficient (Wildman–Crippen LogP) is 1.30. The minimum absolute atomic E-state index is 0.139. The molecule has 1 fully saturated rings. The fourth-order valence-electron chi connectivity index (χ4n) is 1.71. The number of carbonyl (C=O) groups is 1. The number of phenolic OH excluding ortho intramolecular Hbond substituents is 1. The monoisotopic (exact) mass is 239 g/mol. The van der Waals surface area contributed by atoms with E-state index in [4.69, 9.17) is 5.11 Å². The Morgan fingerprint density at radius 1 is 1.50 bits per heavy atom. The van der Waals surface area contributed by atoms with Crippen LogP contribution in [0.4, 0.5) is 0 Å². The average molecular weight is 239 g/mol. The molecule has 0 unspecified atom stereocenters. The van der Waals surface area contributed by atoms with Crippen molar-refractivity contribution in [1.29, 1.82) is 0 Å². The van der Waals surface area contributed by atoms with Gasteiger partial charge in [0, 0.05) is 18.0 Å². The lowest BCUT2D eigenvalue weighted by Crippen LogP contribution is -2.57. The minimum atomic E-state index is -0.783. The fraction of sp³-hybridized carbons (Fsp3) is 0.364. The Hall–Kier alpha value is -1.20. The zero-order chi connectivity index (χ0) is 11.6. The van der Waals surface area contributed by atoms with Gasteiger partial charge >= 0.3 is 5.97 Å². The number of thioether (sulfide) groups is 1. The highest BCUT2D eigenvalue weighted by Gasteiger charge is 2.40. The molecule has 0 spiro atoms. The second-order valence-electron chi connectivity index (χ2n) is 3.96. The Balaban J connectivity index is 2.09. The molecule has 1 aliphatic rings. The number of aromatic hydroxyl groups is 1. The molecule has 2 rings (SSSR count). The number of carboxylic acids is 1. The van der Waals surface area contributed by atoms with Crippen molar-refractivity contribution in [2.75, 3.05) is 13.1 Å². The molecule has 1 aliphatic heterocycles. The van der Waals surface area contributed by atoms with Gasteiger partial charge in [0.25, 0.3) is 0 Å². The number of benzene rings is 1. The van der Waals surface area contributed by atoms with Crippen LogP contribution < -0.4 is 5.32 Å². The van der Waals surface area contributed by atoms with Crippen LogP contribution in [0.2, 0.25) is 0 Å². The van der Waals surface area contributed by atoms with Crippen LogP contribution in [0.3, 0.4) is 0 Å². The summed E-state index contributed by atoms with van der Waals surface area (Å²) < 4.78 is -0.264. The Labute approximate surface area is 97.7 Å². The van der Waals surface area contributed by atoms with Crippen LogP contribution in [0.15, 0.2) is 29.2 Å². The average Bonchev–Trinajstić information content (AvgIpc) is 2.13. The first kappa shape index (κ1) is 11.3. The molecule has 0 saturated carbocycles. The van der Waals surface area contributed by atoms with Crippen LogP contribution in [0.5, 0.6) is 5.75 Å². The van der Waals surface area contributed by atoms with Crippen molar-refractivity contribution in [2.24, 2.45) is 0 Å². The third-order valence-corrected chi connectivity index (χ3v) is 3.88. The minimum Gasteiger partial charge on any atom is -0.508 e. The molecule has 0 bridgehead atoms. The van der Waals surface area contributed by atoms with E-state index in [2.05, 4.69) is 5.32 Å². The third-order valence-electron chi connectivity index (χ3n) is 2.52. The molecule has 0 amide bonds. The molecule has 86 valence electrons. The maximum Gasteiger partial charge on any atom is 0.304 e. The van der Waals surface area contributed by atoms with E-state index < -0.39 is 5.97 Å². The molecular formula is C11H13NO3S. The first-order valence-corrected chi connectivity index (χ1v) is 5.82. The van der Waals surface area contributed by atoms with E-state index in [1.54, 1.807) is 18.2 Å². The molecule has 16 heavy (non-hydrogen) atoms. The quantitative estimate of drug-likeness (QED) is 0.739. The lowest BCUT2D eigenvalue weighted by molar-refractivity contribution is -0.138. The van der Waals surface area contributed by atoms with Gasteiger partial charge in [-0.25, -0.2) is 0 Å². The van der Waals surface area contributed by atoms with Gasteiger partial charge in [0.05, 0.1) is 11.2 Å². The number of hydrogen-bond donors (Lipinski definition) is 3. The Morgan fingerprint density at radius 2 is 2.25 bits per heavy atom. The number of aliphatic carboxylic acids is 1. The van der Waals surface area contributed by atoms with Gasteiger partial charge in [-0.2, -0.15) is 0 Å². The van der Waals surface area contributed by atoms with Gasteiger partial charge in [-0.15, -0.1) is 11.8 Å². The summed E-state index contributed by atoms with van der Waals surface area (Å²) in [5.74, 6) is -0.572. The van der Waals surface area contributed by atoms with Gasteiger partial charge in [0.2, 0.25) is 0 Å². The van der Waals surface area contributed by atoms with Crippen LogP contribution in [-0.4, -0.2) is 34.0 Å². The van der Waals surface area contributed by atoms with Gasteiger partial charge in [-0.1, -0.05) is 6.07 Å². The first-order chi connectivity index (χ1) is 7.60. The summed E-state index contributed by atoms with van der Waals surface area (Å²) >= 11 is 1.52. The number of carboxylic acid groups (broad SMARTS) is 1. The summed E-state index contributed by atoms with van der Waals surface area (Å²) in [7, 11) is 0. The predicted molar refractivity (Wildman–Crippen MR) is 61.8 cm³/mol. The van der Waals surface area contributed by atoms with Gasteiger partial charge in [0.15, 0.2) is 0 Å². The number of rotatable bonds is 4. The zero-order valence-corrected chi connectivity index (χ0v) is 9.46. The first-order valence-electron chi connectivity index (χ1n) is 5.00. The maximum absolute atomic E-state index is 10.8. The summed E-state index contributed by atoms with van der Waals surface area (Å²) in [5.41, 5.74) is 0. The molecule has 0 aromatic heterocycles. The van der Waals surface area contributed by atoms with E-state index in [1.165, 1.54) is 11.8 Å². The normalized spacial score (nSPS) is 17.8. The molecule has 0 radical (unpaired) electrons. The molecule has 1 saturated heterocycles. The van der Waals surface area contributed by atoms with E-state index in [9.17, 15) is 9.90 Å². The van der Waals surface area contributed by atoms with Crippen molar-refractivity contribution >= 4 is 17.7 Å². The molecule has 5 heteroatoms. The van der Waals surface area contributed by atoms with Gasteiger partial charge in [0.1, 0.15) is 5.75 Å². The largest absolute Gasteiger partial charge is 0.508 e. The standard InChI is InChI=1S/C11H13NO3S/c13-8-2-1-3-9(4-8)16-11(5-10(14)15)6-12-7-11/h1-4,12-13H,5-7H2,(H,14,15). The molecule has 3 N–H and O–H groups in total. The molecule has 1 aromatic carbocycles. The van der Waals surface area contributed by atoms with E-state index in [0.717, 1.165) is 4.90 Å². The second kappa shape index (κ2) is 4.35. The van der Waals surface area contributed by atoms with Crippen molar-refractivity contribution in [1.82, 2.24) is 5.32 Å². The molecule has 0 atom stereocenters. The van der Waals surface area contributed by atoms with E-state index in [1.807, 2.05) is 6.07 Å². The smallest absolute Gasteiger partial charge is 0.304 e. The summed E-state index contributed by atoms with van der Waals surface area (Å²) in [6.45, 7) is 1.39. The number of nitrogens with one attached hydrogen (secondary N) is 1. The number of hydrogen-bond acceptors (Lipinski definition) is 4. The van der Waals surface area contributed by atoms with Crippen LogP contribution in [0.25, 0.3) is 0 Å². The third kappa shape index (κ3) is 2.48. The summed E-state index contributed by atoms with van der Waals surface area (Å²) in [5, 5.41) is 21.3. The highest BCUT2D eigenvalue weighted by molar-refractivity contribution is 8.00. The molecule has 1 heterocycles. The van der Waals surface area contributed by atoms with Gasteiger partial charge in [-0.3, -0.25) is 4.79 Å². The molecule has 1 aromatic rings. The summed E-state index contributed by atoms with van der Waals surface area (Å²) in [4.78, 5) is 11.7. The zero-order valence-electron chi connectivity index (χ0n) is 8.64. The molecule has 4 nitrogen and oxygen atoms in total.